The summed E-state index contributed by atoms with van der Waals surface area (Å²) < 4.78 is 5.31. The molecule has 116 valence electrons. The van der Waals surface area contributed by atoms with Gasteiger partial charge in [-0.05, 0) is 29.8 Å². The first-order valence-corrected chi connectivity index (χ1v) is 7.55. The Kier molecular flexibility index (Phi) is 6.58. The number of benzene rings is 1. The summed E-state index contributed by atoms with van der Waals surface area (Å²) in [6, 6.07) is 11.5. The largest absolute Gasteiger partial charge is 0.469 e. The van der Waals surface area contributed by atoms with Crippen molar-refractivity contribution in [3.63, 3.8) is 0 Å². The van der Waals surface area contributed by atoms with Gasteiger partial charge in [0, 0.05) is 24.5 Å². The zero-order chi connectivity index (χ0) is 15.6. The molecule has 0 saturated heterocycles. The molecular weight excluding hydrogens is 298 g/mol. The first-order valence-electron chi connectivity index (χ1n) is 7.18. The summed E-state index contributed by atoms with van der Waals surface area (Å²) in [7, 11) is 0. The highest BCUT2D eigenvalue weighted by Gasteiger charge is 2.00. The lowest BCUT2D eigenvalue weighted by Crippen LogP contribution is -2.38. The van der Waals surface area contributed by atoms with Crippen LogP contribution in [0.5, 0.6) is 0 Å². The lowest BCUT2D eigenvalue weighted by Gasteiger charge is -2.11. The van der Waals surface area contributed by atoms with Gasteiger partial charge >= 0.3 is 0 Å². The van der Waals surface area contributed by atoms with Gasteiger partial charge in [-0.3, -0.25) is 0 Å². The molecule has 1 aromatic heterocycles. The summed E-state index contributed by atoms with van der Waals surface area (Å²) in [5.74, 6) is 1.70. The molecule has 0 bridgehead atoms. The van der Waals surface area contributed by atoms with Crippen LogP contribution < -0.4 is 10.6 Å². The van der Waals surface area contributed by atoms with Crippen molar-refractivity contribution >= 4 is 17.6 Å². The minimum absolute atomic E-state index is 0.588. The van der Waals surface area contributed by atoms with Gasteiger partial charge in [0.25, 0.3) is 0 Å². The minimum atomic E-state index is 0.588. The number of nitrogens with one attached hydrogen (secondary N) is 2. The summed E-state index contributed by atoms with van der Waals surface area (Å²) in [5.41, 5.74) is 1.11. The van der Waals surface area contributed by atoms with E-state index in [9.17, 15) is 0 Å². The number of aliphatic imine (C=N–C) groups is 1. The topological polar surface area (TPSA) is 49.6 Å². The highest BCUT2D eigenvalue weighted by atomic mass is 35.5. The average molecular weight is 318 g/mol. The van der Waals surface area contributed by atoms with E-state index < -0.39 is 0 Å². The van der Waals surface area contributed by atoms with E-state index >= 15 is 0 Å². The normalized spacial score (nSPS) is 11.2. The first-order chi connectivity index (χ1) is 10.8. The first kappa shape index (κ1) is 16.2. The van der Waals surface area contributed by atoms with Crippen LogP contribution in [-0.4, -0.2) is 19.0 Å². The molecule has 0 aliphatic rings. The molecule has 1 heterocycles. The number of furan rings is 1. The van der Waals surface area contributed by atoms with Crippen molar-refractivity contribution in [2.24, 2.45) is 4.99 Å². The summed E-state index contributed by atoms with van der Waals surface area (Å²) in [6.45, 7) is 5.70. The Labute approximate surface area is 135 Å². The quantitative estimate of drug-likeness (QED) is 0.467. The molecule has 0 aliphatic carbocycles. The number of nitrogens with zero attached hydrogens (tertiary/aromatic N) is 1. The van der Waals surface area contributed by atoms with E-state index in [0.717, 1.165) is 35.3 Å². The lowest BCUT2D eigenvalue weighted by molar-refractivity contribution is 0.507. The second-order valence-corrected chi connectivity index (χ2v) is 5.15. The molecule has 0 amide bonds. The van der Waals surface area contributed by atoms with Crippen molar-refractivity contribution in [3.8, 4) is 0 Å². The number of halogens is 1. The maximum Gasteiger partial charge on any atom is 0.191 e. The van der Waals surface area contributed by atoms with Gasteiger partial charge < -0.3 is 15.1 Å². The van der Waals surface area contributed by atoms with Gasteiger partial charge in [0.2, 0.25) is 0 Å². The van der Waals surface area contributed by atoms with E-state index in [-0.39, 0.29) is 0 Å². The molecule has 0 aliphatic heterocycles. The Balaban J connectivity index is 1.87. The fraction of sp³-hybridized carbons (Fsp3) is 0.235. The second-order valence-electron chi connectivity index (χ2n) is 4.72. The Hall–Kier alpha value is -2.20. The number of rotatable bonds is 7. The molecule has 4 nitrogen and oxygen atoms in total. The van der Waals surface area contributed by atoms with Crippen LogP contribution in [-0.2, 0) is 13.0 Å². The molecule has 0 unspecified atom stereocenters. The number of guanidine groups is 1. The zero-order valence-electron chi connectivity index (χ0n) is 12.4. The fourth-order valence-corrected chi connectivity index (χ4v) is 1.99. The third kappa shape index (κ3) is 5.66. The van der Waals surface area contributed by atoms with Gasteiger partial charge in [-0.1, -0.05) is 29.8 Å². The van der Waals surface area contributed by atoms with Gasteiger partial charge in [-0.2, -0.15) is 0 Å². The van der Waals surface area contributed by atoms with Crippen LogP contribution in [0.3, 0.4) is 0 Å². The van der Waals surface area contributed by atoms with E-state index in [1.807, 2.05) is 36.4 Å². The van der Waals surface area contributed by atoms with Crippen molar-refractivity contribution in [3.05, 3.63) is 71.7 Å². The third-order valence-electron chi connectivity index (χ3n) is 2.99. The zero-order valence-corrected chi connectivity index (χ0v) is 13.1. The fourth-order valence-electron chi connectivity index (χ4n) is 1.86. The molecule has 2 aromatic rings. The van der Waals surface area contributed by atoms with Crippen molar-refractivity contribution in [2.45, 2.75) is 13.0 Å². The Morgan fingerprint density at radius 1 is 1.23 bits per heavy atom. The summed E-state index contributed by atoms with van der Waals surface area (Å²) in [4.78, 5) is 4.55. The predicted octanol–water partition coefficient (Wildman–Crippen LogP) is 3.40. The van der Waals surface area contributed by atoms with Crippen molar-refractivity contribution in [2.75, 3.05) is 13.1 Å². The molecule has 2 N–H and O–H groups in total. The van der Waals surface area contributed by atoms with Crippen molar-refractivity contribution in [1.82, 2.24) is 10.6 Å². The average Bonchev–Trinajstić information content (AvgIpc) is 3.04. The number of hydrogen-bond acceptors (Lipinski definition) is 2. The van der Waals surface area contributed by atoms with Gasteiger partial charge in [-0.25, -0.2) is 4.99 Å². The molecule has 0 radical (unpaired) electrons. The summed E-state index contributed by atoms with van der Waals surface area (Å²) in [6.07, 6.45) is 4.29. The molecular formula is C17H20ClN3O. The molecule has 5 heteroatoms. The van der Waals surface area contributed by atoms with Crippen LogP contribution in [0.25, 0.3) is 0 Å². The Bertz CT molecular complexity index is 591. The van der Waals surface area contributed by atoms with E-state index in [0.29, 0.717) is 13.1 Å². The van der Waals surface area contributed by atoms with Crippen LogP contribution in [0.15, 0.2) is 64.7 Å². The van der Waals surface area contributed by atoms with Crippen LogP contribution >= 0.6 is 11.6 Å². The maximum absolute atomic E-state index is 5.88. The molecule has 2 rings (SSSR count). The highest BCUT2D eigenvalue weighted by molar-refractivity contribution is 6.30. The summed E-state index contributed by atoms with van der Waals surface area (Å²) >= 11 is 5.88. The van der Waals surface area contributed by atoms with E-state index in [4.69, 9.17) is 16.0 Å². The predicted molar refractivity (Wildman–Crippen MR) is 91.2 cm³/mol. The Morgan fingerprint density at radius 3 is 2.73 bits per heavy atom. The molecule has 22 heavy (non-hydrogen) atoms. The molecule has 1 aromatic carbocycles. The van der Waals surface area contributed by atoms with E-state index in [2.05, 4.69) is 22.2 Å². The van der Waals surface area contributed by atoms with E-state index in [1.54, 1.807) is 12.3 Å². The molecule has 0 atom stereocenters. The van der Waals surface area contributed by atoms with E-state index in [1.165, 1.54) is 0 Å². The third-order valence-corrected chi connectivity index (χ3v) is 3.24. The molecule has 0 spiro atoms. The minimum Gasteiger partial charge on any atom is -0.469 e. The van der Waals surface area contributed by atoms with Crippen LogP contribution in [0.1, 0.15) is 11.3 Å². The van der Waals surface area contributed by atoms with Crippen LogP contribution in [0.4, 0.5) is 0 Å². The highest BCUT2D eigenvalue weighted by Crippen LogP contribution is 2.10. The number of hydrogen-bond donors (Lipinski definition) is 2. The van der Waals surface area contributed by atoms with Crippen LogP contribution in [0, 0.1) is 0 Å². The molecule has 0 saturated carbocycles. The maximum atomic E-state index is 5.88. The van der Waals surface area contributed by atoms with Gasteiger partial charge in [0.05, 0.1) is 12.8 Å². The van der Waals surface area contributed by atoms with Gasteiger partial charge in [-0.15, -0.1) is 6.58 Å². The van der Waals surface area contributed by atoms with Gasteiger partial charge in [0.15, 0.2) is 5.96 Å². The SMILES string of the molecule is C=CCNC(=NCc1ccc(Cl)cc1)NCCc1ccco1. The monoisotopic (exact) mass is 317 g/mol. The Morgan fingerprint density at radius 2 is 2.05 bits per heavy atom. The van der Waals surface area contributed by atoms with Gasteiger partial charge in [0.1, 0.15) is 5.76 Å². The van der Waals surface area contributed by atoms with Crippen molar-refractivity contribution < 1.29 is 4.42 Å². The lowest BCUT2D eigenvalue weighted by atomic mass is 10.2. The van der Waals surface area contributed by atoms with Crippen molar-refractivity contribution in [1.29, 1.82) is 0 Å². The standard InChI is InChI=1S/C17H20ClN3O/c1-2-10-19-17(20-11-9-16-4-3-12-22-16)21-13-14-5-7-15(18)8-6-14/h2-8,12H,1,9-11,13H2,(H2,19,20,21). The summed E-state index contributed by atoms with van der Waals surface area (Å²) in [5, 5.41) is 7.21. The molecule has 0 fully saturated rings. The second kappa shape index (κ2) is 8.95. The van der Waals surface area contributed by atoms with Crippen LogP contribution in [0.2, 0.25) is 5.02 Å². The smallest absolute Gasteiger partial charge is 0.191 e.